The van der Waals surface area contributed by atoms with Crippen molar-refractivity contribution in [2.24, 2.45) is 0 Å². The fourth-order valence-corrected chi connectivity index (χ4v) is 11.1. The summed E-state index contributed by atoms with van der Waals surface area (Å²) in [4.78, 5) is 11.3. The van der Waals surface area contributed by atoms with Gasteiger partial charge in [-0.3, -0.25) is 4.57 Å². The fraction of sp³-hybridized carbons (Fsp3) is 0.0385. The summed E-state index contributed by atoms with van der Waals surface area (Å²) in [6.45, 7) is 0. The molecule has 0 amide bonds. The van der Waals surface area contributed by atoms with Gasteiger partial charge in [0.1, 0.15) is 0 Å². The van der Waals surface area contributed by atoms with E-state index in [4.69, 9.17) is 9.97 Å². The van der Waals surface area contributed by atoms with Gasteiger partial charge in [-0.25, -0.2) is 9.97 Å². The van der Waals surface area contributed by atoms with Crippen LogP contribution in [0.4, 0.5) is 0 Å². The van der Waals surface area contributed by atoms with Crippen molar-refractivity contribution in [1.82, 2.24) is 14.5 Å². The smallest absolute Gasteiger partial charge is 0.235 e. The van der Waals surface area contributed by atoms with E-state index in [2.05, 4.69) is 174 Å². The first-order valence-electron chi connectivity index (χ1n) is 19.3. The first-order chi connectivity index (χ1) is 27.8. The number of rotatable bonds is 3. The van der Waals surface area contributed by atoms with Crippen molar-refractivity contribution in [1.29, 1.82) is 0 Å². The Morgan fingerprint density at radius 3 is 2.16 bits per heavy atom. The lowest BCUT2D eigenvalue weighted by atomic mass is 9.77. The minimum absolute atomic E-state index is 0.293. The molecule has 3 aromatic heterocycles. The Bertz CT molecular complexity index is 3450. The second-order valence-electron chi connectivity index (χ2n) is 15.2. The number of thiophene rings is 1. The largest absolute Gasteiger partial charge is 0.277 e. The monoisotopic (exact) mass is 729 g/mol. The highest BCUT2D eigenvalue weighted by Crippen LogP contribution is 2.57. The third kappa shape index (κ3) is 4.11. The van der Waals surface area contributed by atoms with Crippen molar-refractivity contribution in [3.05, 3.63) is 187 Å². The van der Waals surface area contributed by atoms with Gasteiger partial charge in [0.2, 0.25) is 5.95 Å². The van der Waals surface area contributed by atoms with Crippen molar-refractivity contribution < 1.29 is 0 Å². The molecule has 0 bridgehead atoms. The Kier molecular flexibility index (Phi) is 6.16. The van der Waals surface area contributed by atoms with E-state index in [9.17, 15) is 0 Å². The van der Waals surface area contributed by atoms with Crippen LogP contribution in [-0.4, -0.2) is 14.5 Å². The van der Waals surface area contributed by atoms with Crippen LogP contribution in [0.15, 0.2) is 170 Å². The second kappa shape index (κ2) is 11.3. The van der Waals surface area contributed by atoms with Crippen LogP contribution >= 0.6 is 11.3 Å². The summed E-state index contributed by atoms with van der Waals surface area (Å²) < 4.78 is 4.73. The molecule has 0 N–H and O–H groups in total. The number of hydrogen-bond donors (Lipinski definition) is 0. The van der Waals surface area contributed by atoms with Crippen LogP contribution in [-0.2, 0) is 6.42 Å². The van der Waals surface area contributed by atoms with E-state index in [0.717, 1.165) is 38.8 Å². The lowest BCUT2D eigenvalue weighted by Crippen LogP contribution is -2.11. The maximum Gasteiger partial charge on any atom is 0.235 e. The molecule has 4 heteroatoms. The lowest BCUT2D eigenvalue weighted by molar-refractivity contribution is 0.816. The van der Waals surface area contributed by atoms with Gasteiger partial charge in [-0.2, -0.15) is 0 Å². The number of nitrogens with zero attached hydrogens (tertiary/aromatic N) is 3. The highest BCUT2D eigenvalue weighted by Gasteiger charge is 2.38. The summed E-state index contributed by atoms with van der Waals surface area (Å²) in [6.07, 6.45) is 0.994. The van der Waals surface area contributed by atoms with Crippen molar-refractivity contribution >= 4 is 64.2 Å². The molecule has 0 saturated heterocycles. The fourth-order valence-electron chi connectivity index (χ4n) is 9.93. The maximum absolute atomic E-state index is 5.66. The summed E-state index contributed by atoms with van der Waals surface area (Å²) in [6, 6.07) is 62.1. The van der Waals surface area contributed by atoms with Gasteiger partial charge in [0, 0.05) is 37.9 Å². The molecule has 0 fully saturated rings. The van der Waals surface area contributed by atoms with Crippen LogP contribution in [0.1, 0.15) is 22.6 Å². The van der Waals surface area contributed by atoms with E-state index in [-0.39, 0.29) is 0 Å². The van der Waals surface area contributed by atoms with Crippen LogP contribution in [0.25, 0.3) is 103 Å². The van der Waals surface area contributed by atoms with Crippen molar-refractivity contribution in [2.45, 2.75) is 12.3 Å². The van der Waals surface area contributed by atoms with Gasteiger partial charge < -0.3 is 0 Å². The molecule has 1 atom stereocenters. The molecule has 0 aliphatic heterocycles. The number of hydrogen-bond acceptors (Lipinski definition) is 3. The predicted molar refractivity (Wildman–Crippen MR) is 234 cm³/mol. The summed E-state index contributed by atoms with van der Waals surface area (Å²) in [5.41, 5.74) is 17.3. The average molecular weight is 730 g/mol. The van der Waals surface area contributed by atoms with Gasteiger partial charge in [-0.15, -0.1) is 11.3 Å². The molecule has 1 unspecified atom stereocenters. The Morgan fingerprint density at radius 1 is 0.554 bits per heavy atom. The molecule has 3 heterocycles. The van der Waals surface area contributed by atoms with Crippen molar-refractivity contribution in [3.63, 3.8) is 0 Å². The van der Waals surface area contributed by atoms with Gasteiger partial charge in [-0.05, 0) is 79.9 Å². The zero-order chi connectivity index (χ0) is 36.5. The third-order valence-corrected chi connectivity index (χ3v) is 13.5. The molecule has 3 nitrogen and oxygen atoms in total. The van der Waals surface area contributed by atoms with Crippen LogP contribution in [0.3, 0.4) is 0 Å². The number of aromatic nitrogens is 3. The number of benzene rings is 8. The van der Waals surface area contributed by atoms with Crippen LogP contribution in [0.2, 0.25) is 0 Å². The Labute approximate surface area is 326 Å². The highest BCUT2D eigenvalue weighted by molar-refractivity contribution is 7.26. The first-order valence-corrected chi connectivity index (χ1v) is 20.2. The molecule has 2 aliphatic rings. The second-order valence-corrected chi connectivity index (χ2v) is 16.3. The van der Waals surface area contributed by atoms with Crippen LogP contribution in [0.5, 0.6) is 0 Å². The zero-order valence-electron chi connectivity index (χ0n) is 30.2. The first kappa shape index (κ1) is 30.4. The molecule has 11 aromatic rings. The zero-order valence-corrected chi connectivity index (χ0v) is 31.0. The van der Waals surface area contributed by atoms with Gasteiger partial charge >= 0.3 is 0 Å². The van der Waals surface area contributed by atoms with E-state index in [0.29, 0.717) is 11.9 Å². The van der Waals surface area contributed by atoms with Gasteiger partial charge in [0.15, 0.2) is 0 Å². The van der Waals surface area contributed by atoms with Gasteiger partial charge in [-0.1, -0.05) is 152 Å². The van der Waals surface area contributed by atoms with Crippen molar-refractivity contribution in [2.75, 3.05) is 0 Å². The third-order valence-electron chi connectivity index (χ3n) is 12.3. The minimum Gasteiger partial charge on any atom is -0.277 e. The summed E-state index contributed by atoms with van der Waals surface area (Å²) >= 11 is 1.78. The average Bonchev–Trinajstić information content (AvgIpc) is 3.92. The summed E-state index contributed by atoms with van der Waals surface area (Å²) in [7, 11) is 0. The van der Waals surface area contributed by atoms with E-state index < -0.39 is 0 Å². The van der Waals surface area contributed by atoms with E-state index in [1.165, 1.54) is 81.8 Å². The molecule has 8 aromatic carbocycles. The Hall–Kier alpha value is -6.88. The maximum atomic E-state index is 5.66. The highest BCUT2D eigenvalue weighted by atomic mass is 32.1. The van der Waals surface area contributed by atoms with E-state index in [1.807, 2.05) is 0 Å². The molecular formula is C52H31N3S. The Morgan fingerprint density at radius 2 is 1.27 bits per heavy atom. The SMILES string of the molecule is c1ccc(-c2ccc(-c3nc(-n4c5ccc6ccccc6c5c5cc6c7c(c54)-c4ccccc4CC7c4ccccc4-6)nc4c3sc3ccccc34)cc2)cc1. The molecule has 0 saturated carbocycles. The normalized spacial score (nSPS) is 14.2. The minimum atomic E-state index is 0.293. The summed E-state index contributed by atoms with van der Waals surface area (Å²) in [5, 5.41) is 6.12. The number of fused-ring (bicyclic) bond motifs is 14. The van der Waals surface area contributed by atoms with Crippen LogP contribution in [0, 0.1) is 0 Å². The lowest BCUT2D eigenvalue weighted by Gasteiger charge is -2.27. The molecule has 0 spiro atoms. The quantitative estimate of drug-likeness (QED) is 0.181. The summed E-state index contributed by atoms with van der Waals surface area (Å²) in [5.74, 6) is 0.992. The molecular weight excluding hydrogens is 699 g/mol. The standard InChI is InChI=1S/C52H31N3S/c1-2-12-30(13-3-1)31-22-24-33(25-23-31)48-51-49(39-20-10-11-21-44(39)56-51)54-52(53-48)55-43-27-26-32-14-4-6-16-35(32)45(43)42-29-41-38-19-9-8-18-37(38)40-28-34-15-5-7-17-36(34)47(46(40)41)50(42)55/h1-27,29,40H,28H2. The molecule has 260 valence electrons. The Balaban J connectivity index is 1.19. The van der Waals surface area contributed by atoms with Gasteiger partial charge in [0.05, 0.1) is 26.9 Å². The van der Waals surface area contributed by atoms with Crippen LogP contribution < -0.4 is 0 Å². The van der Waals surface area contributed by atoms with E-state index >= 15 is 0 Å². The predicted octanol–water partition coefficient (Wildman–Crippen LogP) is 13.8. The topological polar surface area (TPSA) is 30.7 Å². The van der Waals surface area contributed by atoms with Gasteiger partial charge in [0.25, 0.3) is 0 Å². The molecule has 2 aliphatic carbocycles. The molecule has 13 rings (SSSR count). The molecule has 0 radical (unpaired) electrons. The van der Waals surface area contributed by atoms with E-state index in [1.54, 1.807) is 11.3 Å². The van der Waals surface area contributed by atoms with Crippen molar-refractivity contribution in [3.8, 4) is 50.6 Å². The molecule has 56 heavy (non-hydrogen) atoms.